The Kier molecular flexibility index (Phi) is 11.1. The molecule has 3 fully saturated rings. The van der Waals surface area contributed by atoms with Crippen LogP contribution in [0.25, 0.3) is 132 Å². The summed E-state index contributed by atoms with van der Waals surface area (Å²) in [5.41, 5.74) is 8.24. The molecule has 0 aliphatic carbocycles. The molecule has 0 unspecified atom stereocenters. The van der Waals surface area contributed by atoms with Crippen LogP contribution in [0.1, 0.15) is 84.5 Å². The maximum Gasteiger partial charge on any atom is 0.498 e. The zero-order valence-corrected chi connectivity index (χ0v) is 49.3. The molecule has 0 saturated carbocycles. The van der Waals surface area contributed by atoms with Gasteiger partial charge < -0.3 is 54.4 Å². The van der Waals surface area contributed by atoms with E-state index in [9.17, 15) is 0 Å². The molecule has 0 radical (unpaired) electrons. The average molecular weight is 1160 g/mol. The van der Waals surface area contributed by atoms with E-state index in [2.05, 4.69) is 80.0 Å². The molecule has 3 aliphatic heterocycles. The third kappa shape index (κ3) is 7.54. The standard InChI is InChI=1S/C30H23BO5.C24H11BrO3.C12H24B2O4.H2/c1-29(2)30(3,4)36-31(35-29)19-15-23-25(24-18-10-6-8-12-21(18)34-28(19)24)26-22(32-23)14-13-17-16-9-5-7-11-20(16)33-27(17)26;25-15-11-19-21(20-14-6-2-4-8-17(14)28-24(15)20)22-18(26-19)10-9-13-12-5-1-3-7-16(12)27-23(13)22;1-9(2)10(3,4)16-13(15-9)14-17-11(5,6)12(7,8)18-14;/h5-15H,1-4H3;1-11H;1-8H3;1H. The largest absolute Gasteiger partial charge is 0.498 e. The van der Waals surface area contributed by atoms with Gasteiger partial charge >= 0.3 is 21.1 Å². The minimum atomic E-state index is -0.582. The Hall–Kier alpha value is -7.01. The fourth-order valence-electron chi connectivity index (χ4n) is 12.0. The summed E-state index contributed by atoms with van der Waals surface area (Å²) >= 11 is 3.65. The zero-order chi connectivity index (χ0) is 56.8. The second-order valence-electron chi connectivity index (χ2n) is 25.0. The van der Waals surface area contributed by atoms with E-state index in [1.807, 2.05) is 152 Å². The van der Waals surface area contributed by atoms with Crippen molar-refractivity contribution in [3.63, 3.8) is 0 Å². The van der Waals surface area contributed by atoms with E-state index >= 15 is 0 Å². The van der Waals surface area contributed by atoms with Crippen LogP contribution in [0.4, 0.5) is 0 Å². The molecular formula is C66H60B3BrO12. The van der Waals surface area contributed by atoms with Gasteiger partial charge in [0.25, 0.3) is 0 Å². The molecule has 0 atom stereocenters. The van der Waals surface area contributed by atoms with Crippen molar-refractivity contribution < 1.29 is 55.9 Å². The van der Waals surface area contributed by atoms with Crippen LogP contribution < -0.4 is 5.46 Å². The number of rotatable bonds is 2. The summed E-state index contributed by atoms with van der Waals surface area (Å²) in [4.78, 5) is 0. The first-order valence-corrected chi connectivity index (χ1v) is 28.7. The normalized spacial score (nSPS) is 19.0. The highest BCUT2D eigenvalue weighted by Gasteiger charge is 2.64. The molecule has 82 heavy (non-hydrogen) atoms. The van der Waals surface area contributed by atoms with E-state index in [1.165, 1.54) is 0 Å². The SMILES string of the molecule is Brc1cc2oc3ccc4c5ccccc5oc4c3c2c2c1oc1ccccc12.CC1(C)OB(B2OC(C)(C)C(C)(C)O2)OC1(C)C.CC1(C)OB(c2cc3oc4ccc5c6ccccc6oc5c4c3c3c2oc2ccccc23)OC1(C)C.[HH]. The quantitative estimate of drug-likeness (QED) is 0.153. The third-order valence-electron chi connectivity index (χ3n) is 18.4. The molecule has 9 heterocycles. The zero-order valence-electron chi connectivity index (χ0n) is 47.7. The molecule has 3 saturated heterocycles. The molecule has 12 nitrogen and oxygen atoms in total. The molecule has 6 aromatic heterocycles. The van der Waals surface area contributed by atoms with Gasteiger partial charge in [0.15, 0.2) is 0 Å². The first kappa shape index (κ1) is 51.8. The van der Waals surface area contributed by atoms with Crippen molar-refractivity contribution in [2.45, 2.75) is 117 Å². The van der Waals surface area contributed by atoms with Gasteiger partial charge in [0.05, 0.1) is 48.9 Å². The highest BCUT2D eigenvalue weighted by Crippen LogP contribution is 2.49. The van der Waals surface area contributed by atoms with Crippen LogP contribution in [0, 0.1) is 0 Å². The lowest BCUT2D eigenvalue weighted by Gasteiger charge is -2.32. The monoisotopic (exact) mass is 1160 g/mol. The molecule has 14 aromatic rings. The minimum Gasteiger partial charge on any atom is -0.456 e. The Morgan fingerprint density at radius 3 is 1.07 bits per heavy atom. The van der Waals surface area contributed by atoms with Crippen molar-refractivity contribution in [2.24, 2.45) is 0 Å². The Morgan fingerprint density at radius 2 is 0.634 bits per heavy atom. The van der Waals surface area contributed by atoms with Crippen LogP contribution in [0.3, 0.4) is 0 Å². The van der Waals surface area contributed by atoms with Crippen molar-refractivity contribution in [3.8, 4) is 0 Å². The number of hydrogen-bond donors (Lipinski definition) is 0. The summed E-state index contributed by atoms with van der Waals surface area (Å²) in [5.74, 6) is 0. The molecular weight excluding hydrogens is 1100 g/mol. The van der Waals surface area contributed by atoms with E-state index in [4.69, 9.17) is 54.4 Å². The van der Waals surface area contributed by atoms with Gasteiger partial charge in [-0.2, -0.15) is 0 Å². The van der Waals surface area contributed by atoms with Crippen LogP contribution >= 0.6 is 15.9 Å². The van der Waals surface area contributed by atoms with Gasteiger partial charge in [-0.25, -0.2) is 0 Å². The van der Waals surface area contributed by atoms with E-state index in [-0.39, 0.29) is 23.8 Å². The molecule has 412 valence electrons. The number of benzene rings is 8. The maximum atomic E-state index is 6.50. The van der Waals surface area contributed by atoms with Crippen LogP contribution in [0.2, 0.25) is 0 Å². The Bertz CT molecular complexity index is 4890. The van der Waals surface area contributed by atoms with Crippen LogP contribution in [-0.2, 0) is 27.9 Å². The van der Waals surface area contributed by atoms with Gasteiger partial charge in [0.1, 0.15) is 67.0 Å². The Labute approximate surface area is 482 Å². The lowest BCUT2D eigenvalue weighted by Crippen LogP contribution is -2.41. The molecule has 17 rings (SSSR count). The number of hydrogen-bond acceptors (Lipinski definition) is 12. The molecule has 16 heteroatoms. The smallest absolute Gasteiger partial charge is 0.456 e. The fourth-order valence-corrected chi connectivity index (χ4v) is 12.4. The predicted molar refractivity (Wildman–Crippen MR) is 334 cm³/mol. The van der Waals surface area contributed by atoms with Gasteiger partial charge in [0, 0.05) is 60.8 Å². The number of halogens is 1. The number of fused-ring (bicyclic) bond motifs is 22. The van der Waals surface area contributed by atoms with Crippen LogP contribution in [0.5, 0.6) is 0 Å². The summed E-state index contributed by atoms with van der Waals surface area (Å²) in [6, 6.07) is 44.7. The third-order valence-corrected chi connectivity index (χ3v) is 19.0. The van der Waals surface area contributed by atoms with E-state index in [0.29, 0.717) is 0 Å². The first-order valence-electron chi connectivity index (χ1n) is 27.9. The van der Waals surface area contributed by atoms with Gasteiger partial charge in [-0.15, -0.1) is 0 Å². The second-order valence-corrected chi connectivity index (χ2v) is 25.9. The van der Waals surface area contributed by atoms with Gasteiger partial charge in [-0.1, -0.05) is 72.8 Å². The highest BCUT2D eigenvalue weighted by atomic mass is 79.9. The minimum absolute atomic E-state index is 0. The van der Waals surface area contributed by atoms with Crippen molar-refractivity contribution in [1.29, 1.82) is 0 Å². The highest BCUT2D eigenvalue weighted by molar-refractivity contribution is 9.10. The van der Waals surface area contributed by atoms with Crippen molar-refractivity contribution in [1.82, 2.24) is 0 Å². The Balaban J connectivity index is 0.000000117. The molecule has 0 N–H and O–H groups in total. The second kappa shape index (κ2) is 17.5. The van der Waals surface area contributed by atoms with E-state index < -0.39 is 32.3 Å². The van der Waals surface area contributed by atoms with Crippen LogP contribution in [-0.4, -0.2) is 54.7 Å². The summed E-state index contributed by atoms with van der Waals surface area (Å²) < 4.78 is 75.7. The predicted octanol–water partition coefficient (Wildman–Crippen LogP) is 18.3. The summed E-state index contributed by atoms with van der Waals surface area (Å²) in [6.45, 7) is 24.4. The molecule has 0 amide bonds. The fraction of sp³-hybridized carbons (Fsp3) is 0.273. The maximum absolute atomic E-state index is 6.50. The molecule has 0 bridgehead atoms. The summed E-state index contributed by atoms with van der Waals surface area (Å²) in [7, 11) is -1.53. The lowest BCUT2D eigenvalue weighted by atomic mass is 9.49. The van der Waals surface area contributed by atoms with Gasteiger partial charge in [0.2, 0.25) is 0 Å². The van der Waals surface area contributed by atoms with Crippen molar-refractivity contribution in [3.05, 3.63) is 138 Å². The van der Waals surface area contributed by atoms with Gasteiger partial charge in [-0.05, 0) is 160 Å². The van der Waals surface area contributed by atoms with Gasteiger partial charge in [-0.3, -0.25) is 0 Å². The van der Waals surface area contributed by atoms with Crippen molar-refractivity contribution >= 4 is 174 Å². The lowest BCUT2D eigenvalue weighted by molar-refractivity contribution is 0.00578. The summed E-state index contributed by atoms with van der Waals surface area (Å²) in [6.07, 6.45) is 0. The van der Waals surface area contributed by atoms with Crippen molar-refractivity contribution in [2.75, 3.05) is 0 Å². The van der Waals surface area contributed by atoms with E-state index in [1.54, 1.807) is 0 Å². The summed E-state index contributed by atoms with van der Waals surface area (Å²) in [5, 5.41) is 12.4. The first-order chi connectivity index (χ1) is 39.0. The number of furan rings is 6. The van der Waals surface area contributed by atoms with Crippen LogP contribution in [0.15, 0.2) is 164 Å². The molecule has 0 spiro atoms. The average Bonchev–Trinajstić information content (AvgIpc) is 3.29. The topological polar surface area (TPSA) is 134 Å². The molecule has 3 aliphatic rings. The number of para-hydroxylation sites is 4. The van der Waals surface area contributed by atoms with E-state index in [0.717, 1.165) is 142 Å². The Morgan fingerprint density at radius 1 is 0.293 bits per heavy atom. The molecule has 8 aromatic carbocycles.